The lowest BCUT2D eigenvalue weighted by Gasteiger charge is -2.02. The van der Waals surface area contributed by atoms with E-state index in [2.05, 4.69) is 20.9 Å². The topological polar surface area (TPSA) is 73.8 Å². The molecule has 8 heteroatoms. The predicted molar refractivity (Wildman–Crippen MR) is 102 cm³/mol. The number of furan rings is 1. The molecule has 0 radical (unpaired) electrons. The molecule has 4 rings (SSSR count). The smallest absolute Gasteiger partial charge is 0.331 e. The van der Waals surface area contributed by atoms with Gasteiger partial charge in [0.15, 0.2) is 9.63 Å². The lowest BCUT2D eigenvalue weighted by molar-refractivity contribution is -0.139. The van der Waals surface area contributed by atoms with Crippen LogP contribution < -0.4 is 5.56 Å². The van der Waals surface area contributed by atoms with Crippen LogP contribution in [0.25, 0.3) is 21.3 Å². The SMILES string of the molecule is O=C(C=Cc1ccc(Br)o1)OCc1cc(=O)n2c(n1)sc1ccccc12. The van der Waals surface area contributed by atoms with Crippen LogP contribution in [0.15, 0.2) is 62.4 Å². The fourth-order valence-corrected chi connectivity index (χ4v) is 3.83. The second-order valence-electron chi connectivity index (χ2n) is 5.36. The Labute approximate surface area is 159 Å². The molecule has 3 aromatic heterocycles. The van der Waals surface area contributed by atoms with Crippen molar-refractivity contribution in [3.05, 3.63) is 75.0 Å². The molecule has 0 bridgehead atoms. The van der Waals surface area contributed by atoms with Gasteiger partial charge in [-0.3, -0.25) is 9.20 Å². The number of fused-ring (bicyclic) bond motifs is 3. The number of carbonyl (C=O) groups excluding carboxylic acids is 1. The second-order valence-corrected chi connectivity index (χ2v) is 7.15. The predicted octanol–water partition coefficient (Wildman–Crippen LogP) is 4.02. The van der Waals surface area contributed by atoms with Crippen molar-refractivity contribution < 1.29 is 13.9 Å². The van der Waals surface area contributed by atoms with Gasteiger partial charge in [-0.15, -0.1) is 0 Å². The van der Waals surface area contributed by atoms with E-state index in [0.29, 0.717) is 21.1 Å². The van der Waals surface area contributed by atoms with Crippen LogP contribution >= 0.6 is 27.3 Å². The Hall–Kier alpha value is -2.71. The van der Waals surface area contributed by atoms with Crippen molar-refractivity contribution in [2.45, 2.75) is 6.61 Å². The Morgan fingerprint density at radius 2 is 2.15 bits per heavy atom. The zero-order chi connectivity index (χ0) is 18.1. The molecular formula is C18H11BrN2O4S. The molecule has 0 spiro atoms. The van der Waals surface area contributed by atoms with Gasteiger partial charge in [0.2, 0.25) is 0 Å². The van der Waals surface area contributed by atoms with Gasteiger partial charge >= 0.3 is 5.97 Å². The second kappa shape index (κ2) is 6.89. The molecule has 3 heterocycles. The van der Waals surface area contributed by atoms with Crippen molar-refractivity contribution in [3.63, 3.8) is 0 Å². The molecule has 130 valence electrons. The minimum Gasteiger partial charge on any atom is -0.456 e. The van der Waals surface area contributed by atoms with Gasteiger partial charge in [-0.25, -0.2) is 9.78 Å². The first-order chi connectivity index (χ1) is 12.6. The molecule has 0 unspecified atom stereocenters. The van der Waals surface area contributed by atoms with E-state index >= 15 is 0 Å². The van der Waals surface area contributed by atoms with Crippen LogP contribution in [0.2, 0.25) is 0 Å². The highest BCUT2D eigenvalue weighted by Gasteiger charge is 2.10. The molecule has 0 atom stereocenters. The lowest BCUT2D eigenvalue weighted by Crippen LogP contribution is -2.14. The van der Waals surface area contributed by atoms with Crippen molar-refractivity contribution in [1.82, 2.24) is 9.38 Å². The average molecular weight is 431 g/mol. The molecular weight excluding hydrogens is 420 g/mol. The third-order valence-corrected chi connectivity index (χ3v) is 5.04. The summed E-state index contributed by atoms with van der Waals surface area (Å²) in [5, 5.41) is 0. The van der Waals surface area contributed by atoms with Crippen molar-refractivity contribution in [1.29, 1.82) is 0 Å². The number of carbonyl (C=O) groups is 1. The van der Waals surface area contributed by atoms with Crippen molar-refractivity contribution in [3.8, 4) is 0 Å². The fourth-order valence-electron chi connectivity index (χ4n) is 2.46. The van der Waals surface area contributed by atoms with Gasteiger partial charge in [-0.05, 0) is 46.3 Å². The van der Waals surface area contributed by atoms with Crippen LogP contribution in [0, 0.1) is 0 Å². The first-order valence-corrected chi connectivity index (χ1v) is 9.21. The Kier molecular flexibility index (Phi) is 4.44. The average Bonchev–Trinajstić information content (AvgIpc) is 3.21. The quantitative estimate of drug-likeness (QED) is 0.361. The highest BCUT2D eigenvalue weighted by atomic mass is 79.9. The Morgan fingerprint density at radius 1 is 1.31 bits per heavy atom. The molecule has 0 aliphatic rings. The number of thiazole rings is 1. The van der Waals surface area contributed by atoms with E-state index in [1.165, 1.54) is 29.6 Å². The fraction of sp³-hybridized carbons (Fsp3) is 0.0556. The normalized spacial score (nSPS) is 11.6. The van der Waals surface area contributed by atoms with Gasteiger partial charge < -0.3 is 9.15 Å². The lowest BCUT2D eigenvalue weighted by atomic mass is 10.3. The zero-order valence-electron chi connectivity index (χ0n) is 13.2. The summed E-state index contributed by atoms with van der Waals surface area (Å²) in [6.45, 7) is -0.0784. The van der Waals surface area contributed by atoms with Gasteiger partial charge in [0, 0.05) is 12.1 Å². The maximum atomic E-state index is 12.4. The van der Waals surface area contributed by atoms with Gasteiger partial charge in [-0.2, -0.15) is 0 Å². The molecule has 0 fully saturated rings. The van der Waals surface area contributed by atoms with Crippen molar-refractivity contribution in [2.24, 2.45) is 0 Å². The van der Waals surface area contributed by atoms with Crippen LogP contribution in [0.4, 0.5) is 0 Å². The van der Waals surface area contributed by atoms with E-state index in [1.807, 2.05) is 24.3 Å². The van der Waals surface area contributed by atoms with E-state index in [1.54, 1.807) is 16.5 Å². The third-order valence-electron chi connectivity index (χ3n) is 3.59. The molecule has 6 nitrogen and oxygen atoms in total. The number of hydrogen-bond acceptors (Lipinski definition) is 6. The summed E-state index contributed by atoms with van der Waals surface area (Å²) in [6, 6.07) is 12.4. The zero-order valence-corrected chi connectivity index (χ0v) is 15.6. The molecule has 0 saturated carbocycles. The maximum Gasteiger partial charge on any atom is 0.331 e. The number of para-hydroxylation sites is 1. The summed E-state index contributed by atoms with van der Waals surface area (Å²) < 4.78 is 13.5. The molecule has 4 aromatic rings. The summed E-state index contributed by atoms with van der Waals surface area (Å²) in [6.07, 6.45) is 2.76. The summed E-state index contributed by atoms with van der Waals surface area (Å²) in [7, 11) is 0. The van der Waals surface area contributed by atoms with Crippen LogP contribution in [-0.2, 0) is 16.1 Å². The number of benzene rings is 1. The van der Waals surface area contributed by atoms with E-state index in [-0.39, 0.29) is 12.2 Å². The number of aromatic nitrogens is 2. The van der Waals surface area contributed by atoms with Crippen LogP contribution in [0.1, 0.15) is 11.5 Å². The first kappa shape index (κ1) is 16.7. The minimum atomic E-state index is -0.545. The Morgan fingerprint density at radius 3 is 2.96 bits per heavy atom. The number of rotatable bonds is 4. The number of ether oxygens (including phenoxy) is 1. The number of halogens is 1. The monoisotopic (exact) mass is 430 g/mol. The van der Waals surface area contributed by atoms with Gasteiger partial charge in [-0.1, -0.05) is 23.5 Å². The standard InChI is InChI=1S/C18H11BrN2O4S/c19-15-7-5-12(25-15)6-8-17(23)24-10-11-9-16(22)21-13-3-1-2-4-14(13)26-18(21)20-11/h1-9H,10H2. The molecule has 0 aliphatic carbocycles. The van der Waals surface area contributed by atoms with E-state index in [0.717, 1.165) is 10.2 Å². The number of nitrogens with zero attached hydrogens (tertiary/aromatic N) is 2. The molecule has 0 amide bonds. The highest BCUT2D eigenvalue weighted by molar-refractivity contribution is 9.10. The molecule has 0 saturated heterocycles. The van der Waals surface area contributed by atoms with Crippen LogP contribution in [-0.4, -0.2) is 15.4 Å². The van der Waals surface area contributed by atoms with Crippen molar-refractivity contribution in [2.75, 3.05) is 0 Å². The first-order valence-electron chi connectivity index (χ1n) is 7.60. The van der Waals surface area contributed by atoms with Gasteiger partial charge in [0.25, 0.3) is 5.56 Å². The summed E-state index contributed by atoms with van der Waals surface area (Å²) in [4.78, 5) is 29.2. The van der Waals surface area contributed by atoms with E-state index < -0.39 is 5.97 Å². The molecule has 26 heavy (non-hydrogen) atoms. The minimum absolute atomic E-state index is 0.0784. The van der Waals surface area contributed by atoms with Crippen LogP contribution in [0.3, 0.4) is 0 Å². The summed E-state index contributed by atoms with van der Waals surface area (Å²) in [5.41, 5.74) is 1.03. The van der Waals surface area contributed by atoms with Crippen molar-refractivity contribution >= 4 is 54.5 Å². The molecule has 0 aliphatic heterocycles. The van der Waals surface area contributed by atoms with Crippen LogP contribution in [0.5, 0.6) is 0 Å². The van der Waals surface area contributed by atoms with E-state index in [9.17, 15) is 9.59 Å². The Balaban J connectivity index is 1.52. The third kappa shape index (κ3) is 3.33. The maximum absolute atomic E-state index is 12.4. The van der Waals surface area contributed by atoms with Gasteiger partial charge in [0.1, 0.15) is 12.4 Å². The largest absolute Gasteiger partial charge is 0.456 e. The van der Waals surface area contributed by atoms with E-state index in [4.69, 9.17) is 9.15 Å². The molecule has 1 aromatic carbocycles. The summed E-state index contributed by atoms with van der Waals surface area (Å²) >= 11 is 4.60. The number of hydrogen-bond donors (Lipinski definition) is 0. The highest BCUT2D eigenvalue weighted by Crippen LogP contribution is 2.23. The molecule has 0 N–H and O–H groups in total. The summed E-state index contributed by atoms with van der Waals surface area (Å²) in [5.74, 6) is -0.0206. The number of esters is 1. The van der Waals surface area contributed by atoms with Gasteiger partial charge in [0.05, 0.1) is 15.9 Å². The Bertz CT molecular complexity index is 1200.